The van der Waals surface area contributed by atoms with E-state index in [1.54, 1.807) is 0 Å². The summed E-state index contributed by atoms with van der Waals surface area (Å²) >= 11 is 3.49. The van der Waals surface area contributed by atoms with Crippen LogP contribution in [0.3, 0.4) is 0 Å². The van der Waals surface area contributed by atoms with Gasteiger partial charge in [0.05, 0.1) is 0 Å². The van der Waals surface area contributed by atoms with Gasteiger partial charge in [-0.2, -0.15) is 0 Å². The third-order valence-corrected chi connectivity index (χ3v) is 2.97. The van der Waals surface area contributed by atoms with Crippen molar-refractivity contribution in [1.29, 1.82) is 0 Å². The van der Waals surface area contributed by atoms with E-state index in [0.717, 1.165) is 17.3 Å². The van der Waals surface area contributed by atoms with E-state index in [0.29, 0.717) is 12.0 Å². The summed E-state index contributed by atoms with van der Waals surface area (Å²) in [5.41, 5.74) is 7.13. The van der Waals surface area contributed by atoms with Crippen LogP contribution >= 0.6 is 15.9 Å². The summed E-state index contributed by atoms with van der Waals surface area (Å²) in [6.07, 6.45) is 2.25. The third kappa shape index (κ3) is 3.81. The molecule has 2 atom stereocenters. The normalized spacial score (nSPS) is 15.1. The van der Waals surface area contributed by atoms with Crippen LogP contribution in [0.2, 0.25) is 0 Å². The third-order valence-electron chi connectivity index (χ3n) is 2.47. The van der Waals surface area contributed by atoms with Crippen molar-refractivity contribution in [3.63, 3.8) is 0 Å². The molecule has 1 aromatic carbocycles. The highest BCUT2D eigenvalue weighted by Gasteiger charge is 2.06. The molecule has 1 rings (SSSR count). The summed E-state index contributed by atoms with van der Waals surface area (Å²) in [4.78, 5) is 0. The molecule has 1 aromatic rings. The smallest absolute Gasteiger partial charge is 0.0178 e. The number of hydrogen-bond acceptors (Lipinski definition) is 1. The van der Waals surface area contributed by atoms with Gasteiger partial charge in [0.2, 0.25) is 0 Å². The van der Waals surface area contributed by atoms with Crippen molar-refractivity contribution in [2.45, 2.75) is 38.6 Å². The molecule has 0 aliphatic heterocycles. The average Bonchev–Trinajstić information content (AvgIpc) is 2.14. The van der Waals surface area contributed by atoms with Gasteiger partial charge < -0.3 is 5.73 Å². The van der Waals surface area contributed by atoms with Gasteiger partial charge in [-0.05, 0) is 43.4 Å². The lowest BCUT2D eigenvalue weighted by Gasteiger charge is -2.13. The summed E-state index contributed by atoms with van der Waals surface area (Å²) in [7, 11) is 0. The molecule has 1 nitrogen and oxygen atoms in total. The van der Waals surface area contributed by atoms with Crippen molar-refractivity contribution < 1.29 is 0 Å². The van der Waals surface area contributed by atoms with Crippen molar-refractivity contribution in [3.8, 4) is 0 Å². The second kappa shape index (κ2) is 5.52. The van der Waals surface area contributed by atoms with Crippen LogP contribution in [0.4, 0.5) is 0 Å². The van der Waals surface area contributed by atoms with Crippen molar-refractivity contribution >= 4 is 15.9 Å². The van der Waals surface area contributed by atoms with Gasteiger partial charge in [-0.1, -0.05) is 35.0 Å². The van der Waals surface area contributed by atoms with Gasteiger partial charge in [-0.3, -0.25) is 0 Å². The van der Waals surface area contributed by atoms with Gasteiger partial charge in [0, 0.05) is 10.5 Å². The first kappa shape index (κ1) is 11.7. The molecule has 0 spiro atoms. The van der Waals surface area contributed by atoms with Gasteiger partial charge in [0.25, 0.3) is 0 Å². The van der Waals surface area contributed by atoms with Crippen LogP contribution in [-0.4, -0.2) is 6.04 Å². The Kier molecular flexibility index (Phi) is 4.63. The quantitative estimate of drug-likeness (QED) is 0.873. The maximum absolute atomic E-state index is 5.74. The van der Waals surface area contributed by atoms with Gasteiger partial charge in [0.15, 0.2) is 0 Å². The van der Waals surface area contributed by atoms with Crippen LogP contribution in [0.1, 0.15) is 38.2 Å². The fraction of sp³-hybridized carbons (Fsp3) is 0.500. The molecular weight excluding hydrogens is 238 g/mol. The largest absolute Gasteiger partial charge is 0.328 e. The van der Waals surface area contributed by atoms with E-state index in [-0.39, 0.29) is 0 Å². The van der Waals surface area contributed by atoms with Gasteiger partial charge in [-0.15, -0.1) is 0 Å². The summed E-state index contributed by atoms with van der Waals surface area (Å²) < 4.78 is 1.16. The van der Waals surface area contributed by atoms with Crippen molar-refractivity contribution in [3.05, 3.63) is 34.3 Å². The topological polar surface area (TPSA) is 26.0 Å². The first-order valence-electron chi connectivity index (χ1n) is 5.10. The second-order valence-electron chi connectivity index (χ2n) is 4.01. The van der Waals surface area contributed by atoms with Crippen molar-refractivity contribution in [2.75, 3.05) is 0 Å². The second-order valence-corrected chi connectivity index (χ2v) is 4.93. The first-order valence-corrected chi connectivity index (χ1v) is 5.90. The van der Waals surface area contributed by atoms with E-state index < -0.39 is 0 Å². The molecule has 0 radical (unpaired) electrons. The highest BCUT2D eigenvalue weighted by molar-refractivity contribution is 9.10. The molecule has 0 fully saturated rings. The van der Waals surface area contributed by atoms with Gasteiger partial charge in [-0.25, -0.2) is 0 Å². The maximum atomic E-state index is 5.74. The summed E-state index contributed by atoms with van der Waals surface area (Å²) in [6, 6.07) is 8.82. The molecule has 0 heterocycles. The van der Waals surface area contributed by atoms with Crippen LogP contribution < -0.4 is 5.73 Å². The highest BCUT2D eigenvalue weighted by Crippen LogP contribution is 2.23. The average molecular weight is 256 g/mol. The number of nitrogens with two attached hydrogens (primary N) is 1. The molecular formula is C12H18BrN. The van der Waals surface area contributed by atoms with Gasteiger partial charge >= 0.3 is 0 Å². The predicted molar refractivity (Wildman–Crippen MR) is 65.4 cm³/mol. The molecule has 0 aliphatic carbocycles. The highest BCUT2D eigenvalue weighted by atomic mass is 79.9. The fourth-order valence-corrected chi connectivity index (χ4v) is 1.91. The molecule has 0 saturated heterocycles. The van der Waals surface area contributed by atoms with E-state index in [1.165, 1.54) is 5.56 Å². The molecule has 2 N–H and O–H groups in total. The summed E-state index contributed by atoms with van der Waals surface area (Å²) in [5.74, 6) is 0.596. The Morgan fingerprint density at radius 1 is 1.29 bits per heavy atom. The fourth-order valence-electron chi connectivity index (χ4n) is 1.49. The predicted octanol–water partition coefficient (Wildman–Crippen LogP) is 3.68. The SMILES string of the molecule is CC(N)CCC(C)c1cccc(Br)c1. The zero-order valence-electron chi connectivity index (χ0n) is 8.83. The zero-order chi connectivity index (χ0) is 10.6. The van der Waals surface area contributed by atoms with Gasteiger partial charge in [0.1, 0.15) is 0 Å². The van der Waals surface area contributed by atoms with E-state index >= 15 is 0 Å². The summed E-state index contributed by atoms with van der Waals surface area (Å²) in [5, 5.41) is 0. The van der Waals surface area contributed by atoms with E-state index in [4.69, 9.17) is 5.73 Å². The number of halogens is 1. The van der Waals surface area contributed by atoms with E-state index in [2.05, 4.69) is 54.0 Å². The van der Waals surface area contributed by atoms with Crippen LogP contribution in [0.15, 0.2) is 28.7 Å². The number of benzene rings is 1. The lowest BCUT2D eigenvalue weighted by atomic mass is 9.95. The molecule has 0 aromatic heterocycles. The maximum Gasteiger partial charge on any atom is 0.0178 e. The number of rotatable bonds is 4. The van der Waals surface area contributed by atoms with Crippen LogP contribution in [0, 0.1) is 0 Å². The molecule has 0 aliphatic rings. The minimum absolute atomic E-state index is 0.310. The Balaban J connectivity index is 2.56. The van der Waals surface area contributed by atoms with Crippen molar-refractivity contribution in [2.24, 2.45) is 5.73 Å². The zero-order valence-corrected chi connectivity index (χ0v) is 10.4. The Labute approximate surface area is 94.8 Å². The lowest BCUT2D eigenvalue weighted by Crippen LogP contribution is -2.15. The molecule has 2 unspecified atom stereocenters. The number of hydrogen-bond donors (Lipinski definition) is 1. The monoisotopic (exact) mass is 255 g/mol. The van der Waals surface area contributed by atoms with Crippen LogP contribution in [0.25, 0.3) is 0 Å². The van der Waals surface area contributed by atoms with Crippen LogP contribution in [0.5, 0.6) is 0 Å². The molecule has 0 bridgehead atoms. The van der Waals surface area contributed by atoms with Crippen molar-refractivity contribution in [1.82, 2.24) is 0 Å². The minimum Gasteiger partial charge on any atom is -0.328 e. The first-order chi connectivity index (χ1) is 6.59. The Morgan fingerprint density at radius 3 is 2.57 bits per heavy atom. The minimum atomic E-state index is 0.310. The standard InChI is InChI=1S/C12H18BrN/c1-9(6-7-10(2)14)11-4-3-5-12(13)8-11/h3-5,8-10H,6-7,14H2,1-2H3. The Morgan fingerprint density at radius 2 is 2.00 bits per heavy atom. The Bertz CT molecular complexity index is 283. The van der Waals surface area contributed by atoms with Crippen LogP contribution in [-0.2, 0) is 0 Å². The Hall–Kier alpha value is -0.340. The molecule has 0 amide bonds. The molecule has 14 heavy (non-hydrogen) atoms. The molecule has 78 valence electrons. The lowest BCUT2D eigenvalue weighted by molar-refractivity contribution is 0.569. The molecule has 0 saturated carbocycles. The van der Waals surface area contributed by atoms with E-state index in [9.17, 15) is 0 Å². The molecule has 2 heteroatoms. The summed E-state index contributed by atoms with van der Waals surface area (Å²) in [6.45, 7) is 4.32. The van der Waals surface area contributed by atoms with E-state index in [1.807, 2.05) is 0 Å².